The molecule has 0 N–H and O–H groups in total. The van der Waals surface area contributed by atoms with Gasteiger partial charge in [0.2, 0.25) is 0 Å². The molecule has 0 aliphatic heterocycles. The summed E-state index contributed by atoms with van der Waals surface area (Å²) in [7, 11) is 0. The molecule has 1 nitrogen and oxygen atoms in total. The van der Waals surface area contributed by atoms with Gasteiger partial charge in [-0.25, -0.2) is 4.39 Å². The van der Waals surface area contributed by atoms with Crippen LogP contribution in [0, 0.1) is 23.1 Å². The molecule has 3 heteroatoms. The van der Waals surface area contributed by atoms with Crippen LogP contribution >= 0.6 is 11.6 Å². The van der Waals surface area contributed by atoms with Crippen LogP contribution in [0.25, 0.3) is 0 Å². The number of hydrogen-bond donors (Lipinski definition) is 0. The normalized spacial score (nSPS) is 21.5. The summed E-state index contributed by atoms with van der Waals surface area (Å²) in [6.07, 6.45) is 11.4. The van der Waals surface area contributed by atoms with Crippen LogP contribution in [-0.2, 0) is 0 Å². The molecule has 0 atom stereocenters. The molecule has 1 saturated carbocycles. The van der Waals surface area contributed by atoms with Gasteiger partial charge in [0.15, 0.2) is 0 Å². The van der Waals surface area contributed by atoms with E-state index in [4.69, 9.17) is 16.9 Å². The molecule has 0 heterocycles. The molecule has 2 rings (SSSR count). The van der Waals surface area contributed by atoms with Crippen LogP contribution in [0.3, 0.4) is 0 Å². The Hall–Kier alpha value is -1.07. The summed E-state index contributed by atoms with van der Waals surface area (Å²) in [4.78, 5) is 0. The molecular weight excluding hydrogens is 297 g/mol. The predicted octanol–water partition coefficient (Wildman–Crippen LogP) is 6.59. The monoisotopic (exact) mass is 321 g/mol. The molecule has 0 amide bonds. The SMILES string of the molecule is CCCCCCC1CCC(c2cc(F)c(C#N)c(Cl)c2)CC1. The van der Waals surface area contributed by atoms with Crippen LogP contribution in [0.5, 0.6) is 0 Å². The summed E-state index contributed by atoms with van der Waals surface area (Å²) in [5.74, 6) is 0.755. The van der Waals surface area contributed by atoms with Gasteiger partial charge >= 0.3 is 0 Å². The van der Waals surface area contributed by atoms with E-state index in [9.17, 15) is 4.39 Å². The molecule has 120 valence electrons. The topological polar surface area (TPSA) is 23.8 Å². The van der Waals surface area contributed by atoms with Gasteiger partial charge in [-0.1, -0.05) is 50.6 Å². The summed E-state index contributed by atoms with van der Waals surface area (Å²) in [6.45, 7) is 2.24. The highest BCUT2D eigenvalue weighted by Crippen LogP contribution is 2.39. The van der Waals surface area contributed by atoms with E-state index in [1.807, 2.05) is 6.07 Å². The lowest BCUT2D eigenvalue weighted by molar-refractivity contribution is 0.302. The van der Waals surface area contributed by atoms with E-state index in [1.165, 1.54) is 51.0 Å². The van der Waals surface area contributed by atoms with Crippen LogP contribution in [0.1, 0.15) is 81.8 Å². The van der Waals surface area contributed by atoms with Crippen molar-refractivity contribution < 1.29 is 4.39 Å². The average Bonchev–Trinajstić information content (AvgIpc) is 2.52. The van der Waals surface area contributed by atoms with Crippen molar-refractivity contribution in [3.63, 3.8) is 0 Å². The standard InChI is InChI=1S/C19H25ClFN/c1-2-3-4-5-6-14-7-9-15(10-8-14)16-11-18(20)17(13-22)19(21)12-16/h11-12,14-15H,2-10H2,1H3. The van der Waals surface area contributed by atoms with Crippen molar-refractivity contribution in [2.24, 2.45) is 5.92 Å². The lowest BCUT2D eigenvalue weighted by Crippen LogP contribution is -2.13. The summed E-state index contributed by atoms with van der Waals surface area (Å²) in [5, 5.41) is 9.13. The average molecular weight is 322 g/mol. The maximum Gasteiger partial charge on any atom is 0.142 e. The molecule has 0 radical (unpaired) electrons. The minimum absolute atomic E-state index is 0.0324. The van der Waals surface area contributed by atoms with Crippen molar-refractivity contribution in [3.05, 3.63) is 34.1 Å². The summed E-state index contributed by atoms with van der Waals surface area (Å²) < 4.78 is 13.9. The largest absolute Gasteiger partial charge is 0.205 e. The highest BCUT2D eigenvalue weighted by Gasteiger charge is 2.23. The number of benzene rings is 1. The van der Waals surface area contributed by atoms with Crippen LogP contribution in [0.4, 0.5) is 4.39 Å². The third-order valence-corrected chi connectivity index (χ3v) is 5.26. The second kappa shape index (κ2) is 8.53. The fourth-order valence-electron chi connectivity index (χ4n) is 3.58. The van der Waals surface area contributed by atoms with Crippen LogP contribution < -0.4 is 0 Å². The Morgan fingerprint density at radius 3 is 2.50 bits per heavy atom. The highest BCUT2D eigenvalue weighted by atomic mass is 35.5. The Kier molecular flexibility index (Phi) is 6.70. The van der Waals surface area contributed by atoms with E-state index in [0.29, 0.717) is 5.92 Å². The Morgan fingerprint density at radius 2 is 1.91 bits per heavy atom. The first-order valence-electron chi connectivity index (χ1n) is 8.54. The Bertz CT molecular complexity index is 504. The molecule has 0 spiro atoms. The zero-order valence-electron chi connectivity index (χ0n) is 13.4. The van der Waals surface area contributed by atoms with E-state index in [0.717, 1.165) is 24.3 Å². The molecule has 0 unspecified atom stereocenters. The zero-order valence-corrected chi connectivity index (χ0v) is 14.1. The number of halogens is 2. The van der Waals surface area contributed by atoms with Crippen molar-refractivity contribution in [2.75, 3.05) is 0 Å². The third-order valence-electron chi connectivity index (χ3n) is 4.96. The molecule has 22 heavy (non-hydrogen) atoms. The summed E-state index contributed by atoms with van der Waals surface area (Å²) in [6, 6.07) is 5.12. The van der Waals surface area contributed by atoms with Gasteiger partial charge in [-0.3, -0.25) is 0 Å². The molecule has 1 aromatic carbocycles. The van der Waals surface area contributed by atoms with Crippen molar-refractivity contribution in [1.29, 1.82) is 5.26 Å². The lowest BCUT2D eigenvalue weighted by atomic mass is 9.77. The van der Waals surface area contributed by atoms with Crippen LogP contribution in [-0.4, -0.2) is 0 Å². The smallest absolute Gasteiger partial charge is 0.142 e. The van der Waals surface area contributed by atoms with Crippen molar-refractivity contribution in [1.82, 2.24) is 0 Å². The number of nitrogens with zero attached hydrogens (tertiary/aromatic N) is 1. The Labute approximate surface area is 138 Å². The maximum atomic E-state index is 13.9. The molecule has 1 fully saturated rings. The van der Waals surface area contributed by atoms with Crippen molar-refractivity contribution in [2.45, 2.75) is 70.6 Å². The molecule has 1 aliphatic carbocycles. The van der Waals surface area contributed by atoms with Crippen molar-refractivity contribution in [3.8, 4) is 6.07 Å². The highest BCUT2D eigenvalue weighted by molar-refractivity contribution is 6.31. The first-order chi connectivity index (χ1) is 10.7. The Morgan fingerprint density at radius 1 is 1.18 bits per heavy atom. The van der Waals surface area contributed by atoms with E-state index >= 15 is 0 Å². The second-order valence-corrected chi connectivity index (χ2v) is 6.95. The van der Waals surface area contributed by atoms with E-state index in [2.05, 4.69) is 6.92 Å². The summed E-state index contributed by atoms with van der Waals surface area (Å²) in [5.41, 5.74) is 0.931. The lowest BCUT2D eigenvalue weighted by Gasteiger charge is -2.29. The molecular formula is C19H25ClFN. The quantitative estimate of drug-likeness (QED) is 0.542. The Balaban J connectivity index is 1.88. The van der Waals surface area contributed by atoms with Gasteiger partial charge in [-0.15, -0.1) is 0 Å². The van der Waals surface area contributed by atoms with E-state index in [1.54, 1.807) is 6.07 Å². The van der Waals surface area contributed by atoms with E-state index in [-0.39, 0.29) is 10.6 Å². The number of hydrogen-bond acceptors (Lipinski definition) is 1. The second-order valence-electron chi connectivity index (χ2n) is 6.54. The number of unbranched alkanes of at least 4 members (excludes halogenated alkanes) is 3. The zero-order chi connectivity index (χ0) is 15.9. The van der Waals surface area contributed by atoms with Crippen LogP contribution in [0.2, 0.25) is 5.02 Å². The molecule has 0 saturated heterocycles. The van der Waals surface area contributed by atoms with Gasteiger partial charge in [0.1, 0.15) is 17.4 Å². The van der Waals surface area contributed by atoms with Gasteiger partial charge in [0, 0.05) is 0 Å². The van der Waals surface area contributed by atoms with Gasteiger partial charge in [-0.2, -0.15) is 5.26 Å². The maximum absolute atomic E-state index is 13.9. The van der Waals surface area contributed by atoms with Gasteiger partial charge in [-0.05, 0) is 55.2 Å². The fraction of sp³-hybridized carbons (Fsp3) is 0.632. The molecule has 0 bridgehead atoms. The molecule has 1 aromatic rings. The van der Waals surface area contributed by atoms with Gasteiger partial charge in [0.05, 0.1) is 5.02 Å². The molecule has 0 aromatic heterocycles. The molecule has 1 aliphatic rings. The van der Waals surface area contributed by atoms with Crippen molar-refractivity contribution >= 4 is 11.6 Å². The van der Waals surface area contributed by atoms with Crippen LogP contribution in [0.15, 0.2) is 12.1 Å². The number of rotatable bonds is 6. The number of nitriles is 1. The predicted molar refractivity (Wildman–Crippen MR) is 89.6 cm³/mol. The first kappa shape index (κ1) is 17.3. The van der Waals surface area contributed by atoms with Gasteiger partial charge in [0.25, 0.3) is 0 Å². The van der Waals surface area contributed by atoms with E-state index < -0.39 is 5.82 Å². The fourth-order valence-corrected chi connectivity index (χ4v) is 3.84. The minimum atomic E-state index is -0.480. The summed E-state index contributed by atoms with van der Waals surface area (Å²) >= 11 is 6.02. The van der Waals surface area contributed by atoms with Gasteiger partial charge < -0.3 is 0 Å². The third kappa shape index (κ3) is 4.46. The first-order valence-corrected chi connectivity index (χ1v) is 8.92. The minimum Gasteiger partial charge on any atom is -0.205 e.